The number of carbonyl (C=O) groups is 1. The number of rotatable bonds is 0. The number of ether oxygens (including phenoxy) is 1. The van der Waals surface area contributed by atoms with Crippen molar-refractivity contribution < 1.29 is 14.6 Å². The molecular weight excluding hydrogens is 180 g/mol. The van der Waals surface area contributed by atoms with Crippen LogP contribution in [-0.2, 0) is 9.53 Å². The Balaban J connectivity index is 3.06. The normalized spacial score (nSPS) is 8.71. The lowest BCUT2D eigenvalue weighted by molar-refractivity contribution is -0.133. The Morgan fingerprint density at radius 1 is 1.50 bits per heavy atom. The van der Waals surface area contributed by atoms with Gasteiger partial charge in [-0.15, -0.1) is 0 Å². The summed E-state index contributed by atoms with van der Waals surface area (Å²) in [5.41, 5.74) is 1.28. The first-order chi connectivity index (χ1) is 6.65. The number of esters is 1. The van der Waals surface area contributed by atoms with Gasteiger partial charge in [0.05, 0.1) is 12.7 Å². The molecule has 0 unspecified atom stereocenters. The smallest absolute Gasteiger partial charge is 0.384 e. The third-order valence-corrected chi connectivity index (χ3v) is 1.73. The highest BCUT2D eigenvalue weighted by molar-refractivity contribution is 5.89. The zero-order valence-corrected chi connectivity index (χ0v) is 8.00. The number of phenols is 1. The van der Waals surface area contributed by atoms with Crippen molar-refractivity contribution in [3.63, 3.8) is 0 Å². The fourth-order valence-electron chi connectivity index (χ4n) is 0.979. The van der Waals surface area contributed by atoms with E-state index in [1.165, 1.54) is 13.2 Å². The Kier molecular flexibility index (Phi) is 3.14. The molecule has 0 aromatic heterocycles. The van der Waals surface area contributed by atoms with Crippen LogP contribution >= 0.6 is 0 Å². The Hall–Kier alpha value is -1.95. The van der Waals surface area contributed by atoms with Crippen molar-refractivity contribution in [3.8, 4) is 17.6 Å². The van der Waals surface area contributed by atoms with Crippen LogP contribution in [0.4, 0.5) is 0 Å². The number of methoxy groups -OCH3 is 1. The molecule has 0 heterocycles. The maximum Gasteiger partial charge on any atom is 0.384 e. The largest absolute Gasteiger partial charge is 0.507 e. The summed E-state index contributed by atoms with van der Waals surface area (Å²) >= 11 is 0. The zero-order valence-electron chi connectivity index (χ0n) is 8.00. The predicted octanol–water partition coefficient (Wildman–Crippen LogP) is 1.23. The highest BCUT2D eigenvalue weighted by atomic mass is 16.5. The van der Waals surface area contributed by atoms with Crippen LogP contribution in [0.2, 0.25) is 0 Å². The molecule has 72 valence electrons. The summed E-state index contributed by atoms with van der Waals surface area (Å²) in [5.74, 6) is 4.27. The summed E-state index contributed by atoms with van der Waals surface area (Å²) < 4.78 is 4.36. The SMILES string of the molecule is COC(=O)C#Cc1c(C)cccc1O. The number of aromatic hydroxyl groups is 1. The lowest BCUT2D eigenvalue weighted by Crippen LogP contribution is -1.95. The summed E-state index contributed by atoms with van der Waals surface area (Å²) in [6.45, 7) is 1.81. The van der Waals surface area contributed by atoms with E-state index in [-0.39, 0.29) is 5.75 Å². The maximum atomic E-state index is 10.7. The van der Waals surface area contributed by atoms with Gasteiger partial charge in [0.1, 0.15) is 5.75 Å². The fourth-order valence-corrected chi connectivity index (χ4v) is 0.979. The molecule has 0 saturated carbocycles. The number of hydrogen-bond acceptors (Lipinski definition) is 3. The minimum absolute atomic E-state index is 0.0707. The molecule has 0 saturated heterocycles. The Labute approximate surface area is 82.3 Å². The van der Waals surface area contributed by atoms with Gasteiger partial charge in [0.15, 0.2) is 0 Å². The van der Waals surface area contributed by atoms with Crippen molar-refractivity contribution >= 4 is 5.97 Å². The Morgan fingerprint density at radius 2 is 2.21 bits per heavy atom. The summed E-state index contributed by atoms with van der Waals surface area (Å²) in [6, 6.07) is 5.04. The second kappa shape index (κ2) is 4.33. The van der Waals surface area contributed by atoms with Crippen LogP contribution in [0.15, 0.2) is 18.2 Å². The van der Waals surface area contributed by atoms with Gasteiger partial charge in [-0.1, -0.05) is 18.1 Å². The van der Waals surface area contributed by atoms with E-state index in [0.717, 1.165) is 5.56 Å². The molecule has 0 bridgehead atoms. The summed E-state index contributed by atoms with van der Waals surface area (Å²) in [5, 5.41) is 9.42. The quantitative estimate of drug-likeness (QED) is 0.494. The fraction of sp³-hybridized carbons (Fsp3) is 0.182. The summed E-state index contributed by atoms with van der Waals surface area (Å²) in [6.07, 6.45) is 0. The van der Waals surface area contributed by atoms with Crippen molar-refractivity contribution in [2.75, 3.05) is 7.11 Å². The molecule has 1 rings (SSSR count). The molecule has 3 heteroatoms. The molecular formula is C11H10O3. The molecule has 0 atom stereocenters. The van der Waals surface area contributed by atoms with Gasteiger partial charge >= 0.3 is 5.97 Å². The van der Waals surface area contributed by atoms with Gasteiger partial charge in [0.2, 0.25) is 0 Å². The van der Waals surface area contributed by atoms with Crippen molar-refractivity contribution in [2.24, 2.45) is 0 Å². The van der Waals surface area contributed by atoms with Crippen molar-refractivity contribution in [3.05, 3.63) is 29.3 Å². The highest BCUT2D eigenvalue weighted by Gasteiger charge is 2.00. The van der Waals surface area contributed by atoms with Gasteiger partial charge in [-0.2, -0.15) is 0 Å². The highest BCUT2D eigenvalue weighted by Crippen LogP contribution is 2.18. The van der Waals surface area contributed by atoms with Crippen molar-refractivity contribution in [2.45, 2.75) is 6.92 Å². The van der Waals surface area contributed by atoms with Gasteiger partial charge < -0.3 is 9.84 Å². The molecule has 0 radical (unpaired) electrons. The molecule has 14 heavy (non-hydrogen) atoms. The lowest BCUT2D eigenvalue weighted by atomic mass is 10.1. The van der Waals surface area contributed by atoms with Gasteiger partial charge in [0.25, 0.3) is 0 Å². The molecule has 0 fully saturated rings. The van der Waals surface area contributed by atoms with E-state index < -0.39 is 5.97 Å². The summed E-state index contributed by atoms with van der Waals surface area (Å²) in [4.78, 5) is 10.7. The number of aryl methyl sites for hydroxylation is 1. The molecule has 0 amide bonds. The topological polar surface area (TPSA) is 46.5 Å². The third kappa shape index (κ3) is 2.27. The summed E-state index contributed by atoms with van der Waals surface area (Å²) in [7, 11) is 1.26. The first kappa shape index (κ1) is 10.1. The van der Waals surface area contributed by atoms with E-state index in [2.05, 4.69) is 16.6 Å². The van der Waals surface area contributed by atoms with Gasteiger partial charge in [-0.25, -0.2) is 4.79 Å². The molecule has 1 aromatic rings. The molecule has 1 aromatic carbocycles. The standard InChI is InChI=1S/C11H10O3/c1-8-4-3-5-10(12)9(8)6-7-11(13)14-2/h3-5,12H,1-2H3. The predicted molar refractivity (Wildman–Crippen MR) is 51.7 cm³/mol. The second-order valence-electron chi connectivity index (χ2n) is 2.71. The van der Waals surface area contributed by atoms with Crippen LogP contribution in [-0.4, -0.2) is 18.2 Å². The van der Waals surface area contributed by atoms with E-state index in [0.29, 0.717) is 5.56 Å². The Bertz CT molecular complexity index is 390. The minimum Gasteiger partial charge on any atom is -0.507 e. The van der Waals surface area contributed by atoms with Crippen LogP contribution < -0.4 is 0 Å². The van der Waals surface area contributed by atoms with Crippen LogP contribution in [0.1, 0.15) is 11.1 Å². The monoisotopic (exact) mass is 190 g/mol. The van der Waals surface area contributed by atoms with E-state index in [9.17, 15) is 9.90 Å². The van der Waals surface area contributed by atoms with Crippen LogP contribution in [0.3, 0.4) is 0 Å². The van der Waals surface area contributed by atoms with Crippen LogP contribution in [0.5, 0.6) is 5.75 Å². The molecule has 0 aliphatic rings. The second-order valence-corrected chi connectivity index (χ2v) is 2.71. The molecule has 0 spiro atoms. The van der Waals surface area contributed by atoms with Gasteiger partial charge in [0, 0.05) is 5.92 Å². The number of carbonyl (C=O) groups excluding carboxylic acids is 1. The maximum absolute atomic E-state index is 10.7. The minimum atomic E-state index is -0.618. The van der Waals surface area contributed by atoms with Gasteiger partial charge in [-0.05, 0) is 18.6 Å². The van der Waals surface area contributed by atoms with Gasteiger partial charge in [-0.3, -0.25) is 0 Å². The van der Waals surface area contributed by atoms with Crippen molar-refractivity contribution in [1.29, 1.82) is 0 Å². The van der Waals surface area contributed by atoms with Crippen LogP contribution in [0, 0.1) is 18.8 Å². The van der Waals surface area contributed by atoms with Crippen LogP contribution in [0.25, 0.3) is 0 Å². The molecule has 1 N–H and O–H groups in total. The lowest BCUT2D eigenvalue weighted by Gasteiger charge is -1.99. The molecule has 0 aliphatic carbocycles. The first-order valence-electron chi connectivity index (χ1n) is 4.03. The average Bonchev–Trinajstić information content (AvgIpc) is 2.16. The Morgan fingerprint density at radius 3 is 2.79 bits per heavy atom. The number of hydrogen-bond donors (Lipinski definition) is 1. The number of benzene rings is 1. The third-order valence-electron chi connectivity index (χ3n) is 1.73. The zero-order chi connectivity index (χ0) is 10.6. The van der Waals surface area contributed by atoms with E-state index >= 15 is 0 Å². The van der Waals surface area contributed by atoms with E-state index in [1.54, 1.807) is 19.1 Å². The van der Waals surface area contributed by atoms with E-state index in [1.807, 2.05) is 0 Å². The first-order valence-corrected chi connectivity index (χ1v) is 4.03. The van der Waals surface area contributed by atoms with E-state index in [4.69, 9.17) is 0 Å². The molecule has 0 aliphatic heterocycles. The average molecular weight is 190 g/mol. The number of phenolic OH excluding ortho intramolecular Hbond substituents is 1. The van der Waals surface area contributed by atoms with Crippen molar-refractivity contribution in [1.82, 2.24) is 0 Å². The molecule has 3 nitrogen and oxygen atoms in total.